The number of carbonyl (C=O) groups is 5. The van der Waals surface area contributed by atoms with Gasteiger partial charge < -0.3 is 39.5 Å². The van der Waals surface area contributed by atoms with E-state index in [-0.39, 0.29) is 60.9 Å². The second kappa shape index (κ2) is 18.6. The van der Waals surface area contributed by atoms with Gasteiger partial charge in [0.1, 0.15) is 13.6 Å². The summed E-state index contributed by atoms with van der Waals surface area (Å²) in [6, 6.07) is 11.5. The molecule has 4 heterocycles. The van der Waals surface area contributed by atoms with E-state index in [1.807, 2.05) is 34.1 Å². The van der Waals surface area contributed by atoms with Crippen molar-refractivity contribution in [3.63, 3.8) is 0 Å². The van der Waals surface area contributed by atoms with Crippen molar-refractivity contribution in [2.75, 3.05) is 70.8 Å². The zero-order valence-corrected chi connectivity index (χ0v) is 33.4. The number of piperazine rings is 1. The maximum absolute atomic E-state index is 14.2. The van der Waals surface area contributed by atoms with Gasteiger partial charge >= 0.3 is 18.1 Å². The van der Waals surface area contributed by atoms with Crippen LogP contribution in [0, 0.1) is 0 Å². The monoisotopic (exact) mass is 822 g/mol. The van der Waals surface area contributed by atoms with Gasteiger partial charge in [-0.15, -0.1) is 0 Å². The predicted molar refractivity (Wildman–Crippen MR) is 212 cm³/mol. The van der Waals surface area contributed by atoms with Gasteiger partial charge in [-0.2, -0.15) is 0 Å². The van der Waals surface area contributed by atoms with Gasteiger partial charge in [-0.1, -0.05) is 24.3 Å². The summed E-state index contributed by atoms with van der Waals surface area (Å²) in [5.74, 6) is -0.517. The van der Waals surface area contributed by atoms with Crippen molar-refractivity contribution in [2.45, 2.75) is 76.5 Å². The molecule has 0 saturated carbocycles. The average Bonchev–Trinajstić information content (AvgIpc) is 3.36. The van der Waals surface area contributed by atoms with Gasteiger partial charge in [-0.25, -0.2) is 9.59 Å². The number of nitrogens with one attached hydrogen (secondary N) is 1. The molecule has 2 aromatic carbocycles. The lowest BCUT2D eigenvalue weighted by Crippen LogP contribution is -2.57. The Bertz CT molecular complexity index is 1700. The van der Waals surface area contributed by atoms with E-state index in [1.165, 1.54) is 0 Å². The van der Waals surface area contributed by atoms with E-state index in [0.29, 0.717) is 88.3 Å². The Balaban J connectivity index is 1.03. The second-order valence-electron chi connectivity index (χ2n) is 14.8. The molecule has 1 atom stereocenters. The SMILES string of the molecule is Bc1cc(C[C@@H](OC(=O)N2CCC(N3CCc4ccccc4NC3=O)CC2)C(=O)N2CCN(C3CCN(C(=O)CCC(=O)OCC)CC3)CC2)cc(Br)c1O. The number of likely N-dealkylation sites (tertiary alicyclic amines) is 2. The number of piperidine rings is 2. The molecule has 0 radical (unpaired) electrons. The van der Waals surface area contributed by atoms with Crippen LogP contribution in [-0.4, -0.2) is 151 Å². The van der Waals surface area contributed by atoms with E-state index in [1.54, 1.807) is 36.7 Å². The number of nitrogens with zero attached hydrogens (tertiary/aromatic N) is 5. The first kappa shape index (κ1) is 40.4. The Morgan fingerprint density at radius 3 is 2.25 bits per heavy atom. The van der Waals surface area contributed by atoms with Crippen LogP contribution in [0.15, 0.2) is 40.9 Å². The quantitative estimate of drug-likeness (QED) is 0.272. The highest BCUT2D eigenvalue weighted by Gasteiger charge is 2.37. The number of anilines is 1. The molecule has 0 unspecified atom stereocenters. The minimum atomic E-state index is -1.06. The molecule has 0 aliphatic carbocycles. The summed E-state index contributed by atoms with van der Waals surface area (Å²) in [6.07, 6.45) is 2.38. The van der Waals surface area contributed by atoms with E-state index < -0.39 is 12.2 Å². The second-order valence-corrected chi connectivity index (χ2v) is 15.7. The Morgan fingerprint density at radius 1 is 0.891 bits per heavy atom. The highest BCUT2D eigenvalue weighted by Crippen LogP contribution is 2.27. The Labute approximate surface area is 332 Å². The van der Waals surface area contributed by atoms with Crippen LogP contribution in [0.1, 0.15) is 56.6 Å². The molecule has 296 valence electrons. The van der Waals surface area contributed by atoms with Gasteiger partial charge in [-0.3, -0.25) is 19.3 Å². The number of carbonyl (C=O) groups excluding carboxylic acids is 5. The van der Waals surface area contributed by atoms with E-state index in [0.717, 1.165) is 36.1 Å². The minimum Gasteiger partial charge on any atom is -0.507 e. The molecular formula is C39H52BBrN6O8. The normalized spacial score (nSPS) is 19.3. The molecule has 3 fully saturated rings. The molecule has 6 rings (SSSR count). The van der Waals surface area contributed by atoms with Gasteiger partial charge in [0.05, 0.1) is 17.5 Å². The summed E-state index contributed by atoms with van der Waals surface area (Å²) in [6.45, 7) is 7.01. The molecule has 3 saturated heterocycles. The molecule has 0 spiro atoms. The number of ether oxygens (including phenoxy) is 2. The minimum absolute atomic E-state index is 0.0199. The van der Waals surface area contributed by atoms with E-state index in [9.17, 15) is 29.1 Å². The lowest BCUT2D eigenvalue weighted by molar-refractivity contribution is -0.146. The highest BCUT2D eigenvalue weighted by atomic mass is 79.9. The number of para-hydroxylation sites is 1. The summed E-state index contributed by atoms with van der Waals surface area (Å²) in [7, 11) is 1.78. The zero-order chi connectivity index (χ0) is 39.1. The predicted octanol–water partition coefficient (Wildman–Crippen LogP) is 2.49. The number of halogens is 1. The van der Waals surface area contributed by atoms with Crippen LogP contribution in [0.2, 0.25) is 0 Å². The third kappa shape index (κ3) is 10.1. The summed E-state index contributed by atoms with van der Waals surface area (Å²) in [5, 5.41) is 13.4. The first-order chi connectivity index (χ1) is 26.5. The Morgan fingerprint density at radius 2 is 1.56 bits per heavy atom. The molecular weight excluding hydrogens is 771 g/mol. The maximum Gasteiger partial charge on any atom is 0.410 e. The summed E-state index contributed by atoms with van der Waals surface area (Å²) in [4.78, 5) is 74.8. The fourth-order valence-electron chi connectivity index (χ4n) is 8.21. The fraction of sp³-hybridized carbons (Fsp3) is 0.564. The number of urea groups is 1. The summed E-state index contributed by atoms with van der Waals surface area (Å²) in [5.41, 5.74) is 3.33. The number of fused-ring (bicyclic) bond motifs is 1. The van der Waals surface area contributed by atoms with Crippen molar-refractivity contribution < 1.29 is 38.6 Å². The molecule has 0 bridgehead atoms. The first-order valence-corrected chi connectivity index (χ1v) is 20.3. The first-order valence-electron chi connectivity index (χ1n) is 19.6. The van der Waals surface area contributed by atoms with Gasteiger partial charge in [0.25, 0.3) is 5.91 Å². The van der Waals surface area contributed by atoms with Crippen molar-refractivity contribution in [1.29, 1.82) is 0 Å². The third-order valence-corrected chi connectivity index (χ3v) is 12.0. The van der Waals surface area contributed by atoms with E-state index >= 15 is 0 Å². The average molecular weight is 824 g/mol. The van der Waals surface area contributed by atoms with Crippen molar-refractivity contribution in [3.8, 4) is 5.75 Å². The van der Waals surface area contributed by atoms with Crippen LogP contribution in [0.4, 0.5) is 15.3 Å². The largest absolute Gasteiger partial charge is 0.507 e. The number of phenolic OH excluding ortho intramolecular Hbond substituents is 1. The number of amides is 5. The molecule has 5 amide bonds. The molecule has 2 aromatic rings. The van der Waals surface area contributed by atoms with Crippen molar-refractivity contribution in [2.24, 2.45) is 0 Å². The molecule has 0 aromatic heterocycles. The molecule has 16 heteroatoms. The highest BCUT2D eigenvalue weighted by molar-refractivity contribution is 9.10. The van der Waals surface area contributed by atoms with Gasteiger partial charge in [0, 0.05) is 89.5 Å². The summed E-state index contributed by atoms with van der Waals surface area (Å²) < 4.78 is 11.5. The molecule has 4 aliphatic heterocycles. The number of hydrogen-bond acceptors (Lipinski definition) is 9. The number of rotatable bonds is 10. The third-order valence-electron chi connectivity index (χ3n) is 11.4. The van der Waals surface area contributed by atoms with Gasteiger partial charge in [0.15, 0.2) is 6.10 Å². The number of aromatic hydroxyl groups is 1. The van der Waals surface area contributed by atoms with E-state index in [2.05, 4.69) is 26.1 Å². The standard InChI is InChI=1S/C39H52BBrN6O8/c1-2-54-35(49)8-7-34(48)44-14-10-28(11-15-44)43-19-21-45(22-20-43)37(51)33(25-26-23-30(40)36(50)31(41)24-26)55-39(53)46-16-12-29(13-17-46)47-18-9-27-5-3-4-6-32(27)42-38(47)52/h3-6,23-24,28-29,33,50H,2,7-22,25,40H2,1H3,(H,42,52)/t33-/m1/s1. The van der Waals surface area contributed by atoms with Crippen LogP contribution in [0.3, 0.4) is 0 Å². The van der Waals surface area contributed by atoms with Crippen LogP contribution >= 0.6 is 15.9 Å². The van der Waals surface area contributed by atoms with Gasteiger partial charge in [-0.05, 0) is 83.7 Å². The molecule has 55 heavy (non-hydrogen) atoms. The fourth-order valence-corrected chi connectivity index (χ4v) is 8.81. The Hall–Kier alpha value is -4.31. The number of benzene rings is 2. The van der Waals surface area contributed by atoms with E-state index in [4.69, 9.17) is 9.47 Å². The number of hydrogen-bond donors (Lipinski definition) is 2. The van der Waals surface area contributed by atoms with Crippen LogP contribution < -0.4 is 10.8 Å². The number of phenols is 1. The topological polar surface area (TPSA) is 152 Å². The van der Waals surface area contributed by atoms with Crippen LogP contribution in [-0.2, 0) is 36.7 Å². The number of esters is 1. The molecule has 4 aliphatic rings. The molecule has 2 N–H and O–H groups in total. The maximum atomic E-state index is 14.2. The Kier molecular flexibility index (Phi) is 13.6. The zero-order valence-electron chi connectivity index (χ0n) is 31.8. The lowest BCUT2D eigenvalue weighted by atomic mass is 9.91. The molecule has 14 nitrogen and oxygen atoms in total. The van der Waals surface area contributed by atoms with Crippen molar-refractivity contribution in [3.05, 3.63) is 52.0 Å². The van der Waals surface area contributed by atoms with Crippen LogP contribution in [0.25, 0.3) is 0 Å². The van der Waals surface area contributed by atoms with Crippen molar-refractivity contribution in [1.82, 2.24) is 24.5 Å². The lowest BCUT2D eigenvalue weighted by Gasteiger charge is -2.43. The van der Waals surface area contributed by atoms with Crippen LogP contribution in [0.5, 0.6) is 5.75 Å². The summed E-state index contributed by atoms with van der Waals surface area (Å²) >= 11 is 3.41. The van der Waals surface area contributed by atoms with Crippen molar-refractivity contribution >= 4 is 64.8 Å². The van der Waals surface area contributed by atoms with Gasteiger partial charge in [0.2, 0.25) is 5.91 Å². The smallest absolute Gasteiger partial charge is 0.410 e.